The average Bonchev–Trinajstić information content (AvgIpc) is 3.20. The van der Waals surface area contributed by atoms with Gasteiger partial charge in [-0.3, -0.25) is 4.99 Å². The molecule has 0 spiro atoms. The second-order valence-electron chi connectivity index (χ2n) is 6.12. The Bertz CT molecular complexity index is 480. The zero-order valence-corrected chi connectivity index (χ0v) is 17.0. The Balaban J connectivity index is 0.00000264. The highest BCUT2D eigenvalue weighted by Gasteiger charge is 2.33. The first-order chi connectivity index (χ1) is 10.5. The molecule has 1 saturated heterocycles. The van der Waals surface area contributed by atoms with E-state index in [1.165, 1.54) is 0 Å². The predicted molar refractivity (Wildman–Crippen MR) is 103 cm³/mol. The maximum atomic E-state index is 12.0. The summed E-state index contributed by atoms with van der Waals surface area (Å²) in [4.78, 5) is 4.10. The van der Waals surface area contributed by atoms with Crippen LogP contribution in [-0.4, -0.2) is 59.0 Å². The van der Waals surface area contributed by atoms with E-state index >= 15 is 0 Å². The van der Waals surface area contributed by atoms with Crippen LogP contribution in [0.3, 0.4) is 0 Å². The zero-order valence-electron chi connectivity index (χ0n) is 13.9. The lowest BCUT2D eigenvalue weighted by molar-refractivity contribution is 0.0200. The fourth-order valence-electron chi connectivity index (χ4n) is 2.46. The Morgan fingerprint density at radius 3 is 2.65 bits per heavy atom. The van der Waals surface area contributed by atoms with E-state index < -0.39 is 10.0 Å². The first kappa shape index (κ1) is 20.9. The molecule has 1 aliphatic heterocycles. The van der Waals surface area contributed by atoms with E-state index in [2.05, 4.69) is 27.3 Å². The number of halogens is 1. The number of sulfonamides is 1. The summed E-state index contributed by atoms with van der Waals surface area (Å²) >= 11 is 0. The van der Waals surface area contributed by atoms with Gasteiger partial charge in [0.2, 0.25) is 10.0 Å². The smallest absolute Gasteiger partial charge is 0.213 e. The number of rotatable bonds is 7. The third kappa shape index (κ3) is 7.99. The highest BCUT2D eigenvalue weighted by molar-refractivity contribution is 14.0. The van der Waals surface area contributed by atoms with Crippen molar-refractivity contribution in [1.29, 1.82) is 0 Å². The van der Waals surface area contributed by atoms with Crippen molar-refractivity contribution < 1.29 is 13.2 Å². The van der Waals surface area contributed by atoms with Gasteiger partial charge in [-0.25, -0.2) is 13.1 Å². The normalized spacial score (nSPS) is 27.9. The van der Waals surface area contributed by atoms with Crippen LogP contribution >= 0.6 is 24.0 Å². The van der Waals surface area contributed by atoms with Crippen LogP contribution in [-0.2, 0) is 14.8 Å². The molecule has 136 valence electrons. The summed E-state index contributed by atoms with van der Waals surface area (Å²) in [5.74, 6) is 1.36. The minimum atomic E-state index is -3.28. The number of nitrogens with one attached hydrogen (secondary N) is 3. The van der Waals surface area contributed by atoms with Crippen LogP contribution in [0.4, 0.5) is 0 Å². The lowest BCUT2D eigenvalue weighted by atomic mass is 10.1. The molecule has 3 unspecified atom stereocenters. The maximum absolute atomic E-state index is 12.0. The monoisotopic (exact) mass is 460 g/mol. The molecule has 3 N–H and O–H groups in total. The van der Waals surface area contributed by atoms with Crippen molar-refractivity contribution in [1.82, 2.24) is 15.4 Å². The lowest BCUT2D eigenvalue weighted by Crippen LogP contribution is -2.43. The van der Waals surface area contributed by atoms with E-state index in [1.54, 1.807) is 7.05 Å². The van der Waals surface area contributed by atoms with E-state index in [4.69, 9.17) is 4.74 Å². The molecule has 1 saturated carbocycles. The van der Waals surface area contributed by atoms with Crippen molar-refractivity contribution in [3.05, 3.63) is 0 Å². The second kappa shape index (κ2) is 10.00. The van der Waals surface area contributed by atoms with Crippen molar-refractivity contribution in [2.45, 2.75) is 44.8 Å². The first-order valence-corrected chi connectivity index (χ1v) is 9.71. The van der Waals surface area contributed by atoms with Gasteiger partial charge in [0.15, 0.2) is 5.96 Å². The van der Waals surface area contributed by atoms with E-state index in [9.17, 15) is 8.42 Å². The van der Waals surface area contributed by atoms with Gasteiger partial charge in [-0.1, -0.05) is 6.92 Å². The number of hydrogen-bond acceptors (Lipinski definition) is 4. The van der Waals surface area contributed by atoms with Gasteiger partial charge < -0.3 is 15.4 Å². The van der Waals surface area contributed by atoms with Crippen LogP contribution in [0.2, 0.25) is 0 Å². The van der Waals surface area contributed by atoms with Gasteiger partial charge in [0, 0.05) is 32.8 Å². The highest BCUT2D eigenvalue weighted by atomic mass is 127. The third-order valence-corrected chi connectivity index (χ3v) is 5.47. The third-order valence-electron chi connectivity index (χ3n) is 4.12. The molecular weight excluding hydrogens is 431 g/mol. The first-order valence-electron chi connectivity index (χ1n) is 8.06. The molecular formula is C14H29IN4O3S. The van der Waals surface area contributed by atoms with Crippen molar-refractivity contribution in [2.75, 3.05) is 32.5 Å². The van der Waals surface area contributed by atoms with E-state index in [1.807, 2.05) is 0 Å². The van der Waals surface area contributed by atoms with Crippen molar-refractivity contribution in [3.8, 4) is 0 Å². The SMILES string of the molecule is CN=C(NCCS(=O)(=O)NCC1CCCCO1)NC1CC1C.I. The summed E-state index contributed by atoms with van der Waals surface area (Å²) in [6, 6.07) is 0.462. The van der Waals surface area contributed by atoms with Gasteiger partial charge in [-0.2, -0.15) is 0 Å². The number of ether oxygens (including phenoxy) is 1. The maximum Gasteiger partial charge on any atom is 0.213 e. The quantitative estimate of drug-likeness (QED) is 0.295. The molecule has 3 atom stereocenters. The Hall–Kier alpha value is -0.130. The Labute approximate surface area is 156 Å². The van der Waals surface area contributed by atoms with Crippen molar-refractivity contribution in [2.24, 2.45) is 10.9 Å². The second-order valence-corrected chi connectivity index (χ2v) is 8.05. The van der Waals surface area contributed by atoms with Gasteiger partial charge >= 0.3 is 0 Å². The van der Waals surface area contributed by atoms with Crippen LogP contribution in [0.15, 0.2) is 4.99 Å². The molecule has 2 aliphatic rings. The van der Waals surface area contributed by atoms with E-state index in [0.29, 0.717) is 31.0 Å². The van der Waals surface area contributed by atoms with Gasteiger partial charge in [0.1, 0.15) is 0 Å². The molecule has 0 radical (unpaired) electrons. The van der Waals surface area contributed by atoms with Gasteiger partial charge in [-0.05, 0) is 31.6 Å². The lowest BCUT2D eigenvalue weighted by Gasteiger charge is -2.22. The standard InChI is InChI=1S/C14H28N4O3S.HI/c1-11-9-13(11)18-14(15-2)16-6-8-22(19,20)17-10-12-5-3-4-7-21-12;/h11-13,17H,3-10H2,1-2H3,(H2,15,16,18);1H. The van der Waals surface area contributed by atoms with Crippen LogP contribution in [0, 0.1) is 5.92 Å². The Morgan fingerprint density at radius 1 is 1.35 bits per heavy atom. The molecule has 0 aromatic rings. The molecule has 0 aromatic carbocycles. The highest BCUT2D eigenvalue weighted by Crippen LogP contribution is 2.28. The molecule has 1 heterocycles. The molecule has 7 nitrogen and oxygen atoms in total. The fourth-order valence-corrected chi connectivity index (χ4v) is 3.41. The molecule has 23 heavy (non-hydrogen) atoms. The fraction of sp³-hybridized carbons (Fsp3) is 0.929. The van der Waals surface area contributed by atoms with Crippen LogP contribution < -0.4 is 15.4 Å². The van der Waals surface area contributed by atoms with E-state index in [0.717, 1.165) is 32.3 Å². The topological polar surface area (TPSA) is 91.8 Å². The number of aliphatic imine (C=N–C) groups is 1. The van der Waals surface area contributed by atoms with Gasteiger partial charge in [0.25, 0.3) is 0 Å². The molecule has 0 aromatic heterocycles. The molecule has 1 aliphatic carbocycles. The zero-order chi connectivity index (χ0) is 16.0. The predicted octanol–water partition coefficient (Wildman–Crippen LogP) is 0.666. The largest absolute Gasteiger partial charge is 0.377 e. The number of guanidine groups is 1. The molecule has 0 amide bonds. The summed E-state index contributed by atoms with van der Waals surface area (Å²) in [5.41, 5.74) is 0. The summed E-state index contributed by atoms with van der Waals surface area (Å²) in [6.45, 7) is 3.61. The van der Waals surface area contributed by atoms with Gasteiger partial charge in [0.05, 0.1) is 11.9 Å². The van der Waals surface area contributed by atoms with E-state index in [-0.39, 0.29) is 35.8 Å². The Kier molecular flexibility index (Phi) is 9.09. The summed E-state index contributed by atoms with van der Waals surface area (Å²) in [5, 5.41) is 6.31. The van der Waals surface area contributed by atoms with Crippen molar-refractivity contribution in [3.63, 3.8) is 0 Å². The van der Waals surface area contributed by atoms with Crippen LogP contribution in [0.25, 0.3) is 0 Å². The van der Waals surface area contributed by atoms with Crippen LogP contribution in [0.1, 0.15) is 32.6 Å². The van der Waals surface area contributed by atoms with Gasteiger partial charge in [-0.15, -0.1) is 24.0 Å². The molecule has 0 bridgehead atoms. The average molecular weight is 460 g/mol. The minimum Gasteiger partial charge on any atom is -0.377 e. The van der Waals surface area contributed by atoms with Crippen LogP contribution in [0.5, 0.6) is 0 Å². The summed E-state index contributed by atoms with van der Waals surface area (Å²) < 4.78 is 32.1. The minimum absolute atomic E-state index is 0. The summed E-state index contributed by atoms with van der Waals surface area (Å²) in [7, 11) is -1.59. The van der Waals surface area contributed by atoms with Crippen molar-refractivity contribution >= 4 is 40.0 Å². The molecule has 9 heteroatoms. The number of hydrogen-bond donors (Lipinski definition) is 3. The molecule has 2 rings (SSSR count). The number of nitrogens with zero attached hydrogens (tertiary/aromatic N) is 1. The molecule has 2 fully saturated rings. The Morgan fingerprint density at radius 2 is 2.09 bits per heavy atom. The summed E-state index contributed by atoms with van der Waals surface area (Å²) in [6.07, 6.45) is 4.26.